The maximum absolute atomic E-state index is 13.9. The van der Waals surface area contributed by atoms with Gasteiger partial charge in [-0.2, -0.15) is 0 Å². The first-order chi connectivity index (χ1) is 20.3. The zero-order chi connectivity index (χ0) is 29.0. The lowest BCUT2D eigenvalue weighted by atomic mass is 9.87. The summed E-state index contributed by atoms with van der Waals surface area (Å²) in [5.74, 6) is -0.923. The maximum atomic E-state index is 13.9. The standard InChI is InChI=1S/C32H29N5O5/c1-3-22(38)33-13-8-14-34-30(40)32(41)15-23-36-20-11-6-4-9-17(20)25-26-19(16-35-29(26)39)24-18-10-5-7-12-21(18)37(28(24)27(25)36)31(32,2)42-23/h3-7,9-12,23,41H,1,8,13-16H2,2H3,(H,33,38)(H,34,40)(H,35,39)/t23?,31-,32-/m0/s1. The smallest absolute Gasteiger partial charge is 0.257 e. The van der Waals surface area contributed by atoms with Gasteiger partial charge in [-0.15, -0.1) is 0 Å². The largest absolute Gasteiger partial charge is 0.376 e. The van der Waals surface area contributed by atoms with Crippen LogP contribution in [-0.2, 0) is 26.6 Å². The van der Waals surface area contributed by atoms with E-state index in [0.717, 1.165) is 49.2 Å². The Hall–Kier alpha value is -4.67. The number of rotatable bonds is 6. The summed E-state index contributed by atoms with van der Waals surface area (Å²) in [5.41, 5.74) is 1.56. The third kappa shape index (κ3) is 2.92. The Kier molecular flexibility index (Phi) is 5.03. The van der Waals surface area contributed by atoms with E-state index in [1.165, 1.54) is 6.08 Å². The molecule has 212 valence electrons. The molecule has 42 heavy (non-hydrogen) atoms. The Morgan fingerprint density at radius 3 is 2.52 bits per heavy atom. The lowest BCUT2D eigenvalue weighted by molar-refractivity contribution is -0.187. The van der Waals surface area contributed by atoms with Crippen molar-refractivity contribution in [1.82, 2.24) is 25.1 Å². The molecule has 3 aliphatic rings. The molecule has 3 aromatic carbocycles. The number of ether oxygens (including phenoxy) is 1. The fraction of sp³-hybridized carbons (Fsp3) is 0.281. The highest BCUT2D eigenvalue weighted by Gasteiger charge is 2.64. The van der Waals surface area contributed by atoms with Crippen molar-refractivity contribution in [3.63, 3.8) is 0 Å². The molecular formula is C32H29N5O5. The quantitative estimate of drug-likeness (QED) is 0.186. The summed E-state index contributed by atoms with van der Waals surface area (Å²) in [7, 11) is 0. The number of aromatic nitrogens is 2. The van der Waals surface area contributed by atoms with Gasteiger partial charge in [-0.1, -0.05) is 43.0 Å². The normalized spacial score (nSPS) is 24.0. The minimum absolute atomic E-state index is 0.00697. The van der Waals surface area contributed by atoms with Gasteiger partial charge in [0.1, 0.15) is 6.23 Å². The molecule has 0 spiro atoms. The first-order valence-electron chi connectivity index (χ1n) is 14.2. The number of para-hydroxylation sites is 2. The second kappa shape index (κ2) is 8.43. The van der Waals surface area contributed by atoms with E-state index in [1.54, 1.807) is 6.92 Å². The van der Waals surface area contributed by atoms with Gasteiger partial charge in [0.15, 0.2) is 11.3 Å². The van der Waals surface area contributed by atoms with Crippen LogP contribution in [0.3, 0.4) is 0 Å². The molecule has 5 heterocycles. The molecule has 0 aliphatic carbocycles. The van der Waals surface area contributed by atoms with Gasteiger partial charge in [0.25, 0.3) is 11.8 Å². The van der Waals surface area contributed by atoms with Gasteiger partial charge in [0.2, 0.25) is 5.91 Å². The Morgan fingerprint density at radius 1 is 1.07 bits per heavy atom. The third-order valence-electron chi connectivity index (χ3n) is 9.33. The molecule has 2 aromatic heterocycles. The summed E-state index contributed by atoms with van der Waals surface area (Å²) in [5, 5.41) is 24.7. The first-order valence-corrected chi connectivity index (χ1v) is 14.2. The van der Waals surface area contributed by atoms with Crippen LogP contribution in [0.15, 0.2) is 61.2 Å². The lowest BCUT2D eigenvalue weighted by Gasteiger charge is -2.38. The average Bonchev–Trinajstić information content (AvgIpc) is 3.69. The highest BCUT2D eigenvalue weighted by Crippen LogP contribution is 2.57. The van der Waals surface area contributed by atoms with Gasteiger partial charge in [-0.05, 0) is 37.1 Å². The van der Waals surface area contributed by atoms with Crippen molar-refractivity contribution in [3.05, 3.63) is 72.3 Å². The number of amides is 3. The summed E-state index contributed by atoms with van der Waals surface area (Å²) in [4.78, 5) is 38.8. The number of hydrogen-bond donors (Lipinski definition) is 4. The van der Waals surface area contributed by atoms with Gasteiger partial charge in [0.05, 0.1) is 27.6 Å². The maximum Gasteiger partial charge on any atom is 0.257 e. The van der Waals surface area contributed by atoms with E-state index in [-0.39, 0.29) is 24.8 Å². The van der Waals surface area contributed by atoms with Gasteiger partial charge < -0.3 is 34.9 Å². The molecule has 1 unspecified atom stereocenters. The number of aliphatic hydroxyl groups is 1. The molecule has 1 fully saturated rings. The van der Waals surface area contributed by atoms with Crippen LogP contribution in [0.2, 0.25) is 0 Å². The van der Waals surface area contributed by atoms with Crippen molar-refractivity contribution < 1.29 is 24.2 Å². The monoisotopic (exact) mass is 563 g/mol. The van der Waals surface area contributed by atoms with E-state index in [9.17, 15) is 19.5 Å². The van der Waals surface area contributed by atoms with Crippen LogP contribution in [-0.4, -0.2) is 50.7 Å². The Labute approximate surface area is 239 Å². The van der Waals surface area contributed by atoms with Crippen LogP contribution >= 0.6 is 0 Å². The van der Waals surface area contributed by atoms with Crippen molar-refractivity contribution in [3.8, 4) is 0 Å². The molecular weight excluding hydrogens is 534 g/mol. The molecule has 1 saturated heterocycles. The van der Waals surface area contributed by atoms with Crippen LogP contribution in [0.5, 0.6) is 0 Å². The number of nitrogens with zero attached hydrogens (tertiary/aromatic N) is 2. The topological polar surface area (TPSA) is 127 Å². The predicted octanol–water partition coefficient (Wildman–Crippen LogP) is 3.29. The molecule has 4 N–H and O–H groups in total. The Balaban J connectivity index is 1.38. The molecule has 3 atom stereocenters. The highest BCUT2D eigenvalue weighted by atomic mass is 16.6. The summed E-state index contributed by atoms with van der Waals surface area (Å²) in [6.07, 6.45) is 1.01. The summed E-state index contributed by atoms with van der Waals surface area (Å²) in [6, 6.07) is 15.8. The molecule has 10 heteroatoms. The highest BCUT2D eigenvalue weighted by molar-refractivity contribution is 6.31. The van der Waals surface area contributed by atoms with E-state index in [4.69, 9.17) is 4.74 Å². The molecule has 3 amide bonds. The minimum Gasteiger partial charge on any atom is -0.376 e. The van der Waals surface area contributed by atoms with E-state index >= 15 is 0 Å². The molecule has 10 nitrogen and oxygen atoms in total. The summed E-state index contributed by atoms with van der Waals surface area (Å²) in [6.45, 7) is 6.23. The van der Waals surface area contributed by atoms with Gasteiger partial charge in [0, 0.05) is 47.6 Å². The second-order valence-electron chi connectivity index (χ2n) is 11.4. The van der Waals surface area contributed by atoms with Crippen molar-refractivity contribution in [2.75, 3.05) is 13.1 Å². The van der Waals surface area contributed by atoms with E-state index in [1.807, 2.05) is 53.1 Å². The zero-order valence-electron chi connectivity index (χ0n) is 23.0. The Bertz CT molecular complexity index is 2060. The molecule has 2 bridgehead atoms. The zero-order valence-corrected chi connectivity index (χ0v) is 23.0. The molecule has 0 radical (unpaired) electrons. The predicted molar refractivity (Wildman–Crippen MR) is 158 cm³/mol. The Morgan fingerprint density at radius 2 is 1.76 bits per heavy atom. The fourth-order valence-corrected chi connectivity index (χ4v) is 7.47. The van der Waals surface area contributed by atoms with Crippen molar-refractivity contribution in [1.29, 1.82) is 0 Å². The second-order valence-corrected chi connectivity index (χ2v) is 11.4. The molecule has 8 rings (SSSR count). The van der Waals surface area contributed by atoms with Crippen molar-refractivity contribution in [2.24, 2.45) is 0 Å². The molecule has 5 aromatic rings. The van der Waals surface area contributed by atoms with Gasteiger partial charge in [-0.3, -0.25) is 14.4 Å². The van der Waals surface area contributed by atoms with Crippen LogP contribution in [0.25, 0.3) is 43.6 Å². The fourth-order valence-electron chi connectivity index (χ4n) is 7.47. The SMILES string of the molecule is C=CC(=O)NCCCNC(=O)[C@@]1(O)CC2O[C@]1(C)n1c3ccccc3c3c4c(c5c6ccccc6n2c5c31)C(=O)NC4. The minimum atomic E-state index is -1.93. The number of hydrogen-bond acceptors (Lipinski definition) is 5. The van der Waals surface area contributed by atoms with Crippen LogP contribution in [0.1, 0.15) is 41.9 Å². The lowest BCUT2D eigenvalue weighted by Crippen LogP contribution is -2.59. The molecule has 3 aliphatic heterocycles. The first kappa shape index (κ1) is 25.1. The third-order valence-corrected chi connectivity index (χ3v) is 9.33. The van der Waals surface area contributed by atoms with Gasteiger partial charge in [-0.25, -0.2) is 0 Å². The number of fused-ring (bicyclic) bond motifs is 13. The van der Waals surface area contributed by atoms with E-state index < -0.39 is 23.5 Å². The van der Waals surface area contributed by atoms with Crippen LogP contribution < -0.4 is 16.0 Å². The van der Waals surface area contributed by atoms with E-state index in [0.29, 0.717) is 25.1 Å². The average molecular weight is 564 g/mol. The number of nitrogens with one attached hydrogen (secondary N) is 3. The summed E-state index contributed by atoms with van der Waals surface area (Å²) >= 11 is 0. The van der Waals surface area contributed by atoms with Crippen molar-refractivity contribution in [2.45, 2.75) is 43.9 Å². The van der Waals surface area contributed by atoms with E-state index in [2.05, 4.69) is 27.1 Å². The van der Waals surface area contributed by atoms with Crippen molar-refractivity contribution >= 4 is 61.3 Å². The number of carbonyl (C=O) groups is 3. The van der Waals surface area contributed by atoms with Crippen LogP contribution in [0, 0.1) is 0 Å². The van der Waals surface area contributed by atoms with Gasteiger partial charge >= 0.3 is 0 Å². The number of carbonyl (C=O) groups excluding carboxylic acids is 3. The summed E-state index contributed by atoms with van der Waals surface area (Å²) < 4.78 is 10.9. The molecule has 0 saturated carbocycles. The van der Waals surface area contributed by atoms with Crippen LogP contribution in [0.4, 0.5) is 0 Å². The number of benzene rings is 3.